The Morgan fingerprint density at radius 1 is 1.50 bits per heavy atom. The van der Waals surface area contributed by atoms with E-state index in [-0.39, 0.29) is 11.9 Å². The maximum atomic E-state index is 9.54. The Hall–Kier alpha value is -1.75. The zero-order valence-corrected chi connectivity index (χ0v) is 8.64. The van der Waals surface area contributed by atoms with Crippen LogP contribution in [0.5, 0.6) is 11.6 Å². The number of hydrogen-bond acceptors (Lipinski definition) is 5. The van der Waals surface area contributed by atoms with Crippen LogP contribution in [0.25, 0.3) is 11.0 Å². The van der Waals surface area contributed by atoms with E-state index in [1.54, 1.807) is 12.1 Å². The average Bonchev–Trinajstić information content (AvgIpc) is 2.90. The zero-order chi connectivity index (χ0) is 11.0. The van der Waals surface area contributed by atoms with Crippen LogP contribution in [-0.2, 0) is 0 Å². The summed E-state index contributed by atoms with van der Waals surface area (Å²) in [6, 6.07) is 5.13. The smallest absolute Gasteiger partial charge is 0.262 e. The molecule has 3 rings (SSSR count). The van der Waals surface area contributed by atoms with Crippen molar-refractivity contribution in [2.24, 2.45) is 0 Å². The third kappa shape index (κ3) is 1.49. The highest BCUT2D eigenvalue weighted by molar-refractivity contribution is 5.86. The van der Waals surface area contributed by atoms with Crippen molar-refractivity contribution in [1.29, 1.82) is 0 Å². The molecule has 5 nitrogen and oxygen atoms in total. The number of aromatic nitrogens is 1. The minimum absolute atomic E-state index is 0.0874. The first kappa shape index (κ1) is 9.47. The first-order valence-electron chi connectivity index (χ1n) is 5.29. The van der Waals surface area contributed by atoms with Crippen molar-refractivity contribution in [1.82, 2.24) is 10.5 Å². The molecule has 0 saturated carbocycles. The fourth-order valence-corrected chi connectivity index (χ4v) is 1.90. The van der Waals surface area contributed by atoms with Gasteiger partial charge in [-0.25, -0.2) is 0 Å². The molecular formula is C11H12N2O3. The second-order valence-corrected chi connectivity index (χ2v) is 3.87. The molecule has 2 aromatic rings. The first-order chi connectivity index (χ1) is 7.84. The quantitative estimate of drug-likeness (QED) is 0.797. The van der Waals surface area contributed by atoms with Crippen molar-refractivity contribution in [3.8, 4) is 11.6 Å². The number of para-hydroxylation sites is 1. The molecule has 0 amide bonds. The van der Waals surface area contributed by atoms with Gasteiger partial charge >= 0.3 is 0 Å². The van der Waals surface area contributed by atoms with Gasteiger partial charge in [0.05, 0.1) is 5.39 Å². The zero-order valence-electron chi connectivity index (χ0n) is 8.64. The molecule has 1 aliphatic rings. The fourth-order valence-electron chi connectivity index (χ4n) is 1.90. The van der Waals surface area contributed by atoms with Gasteiger partial charge in [0, 0.05) is 6.54 Å². The topological polar surface area (TPSA) is 67.5 Å². The average molecular weight is 220 g/mol. The predicted octanol–water partition coefficient (Wildman–Crippen LogP) is 1.27. The van der Waals surface area contributed by atoms with Crippen molar-refractivity contribution in [2.75, 3.05) is 13.1 Å². The molecule has 0 bridgehead atoms. The number of nitrogens with one attached hydrogen (secondary N) is 1. The summed E-state index contributed by atoms with van der Waals surface area (Å²) in [5, 5.41) is 17.3. The molecule has 5 heteroatoms. The molecule has 2 heterocycles. The van der Waals surface area contributed by atoms with Gasteiger partial charge in [0.2, 0.25) is 5.58 Å². The van der Waals surface area contributed by atoms with E-state index in [4.69, 9.17) is 9.26 Å². The number of hydrogen-bond donors (Lipinski definition) is 2. The summed E-state index contributed by atoms with van der Waals surface area (Å²) < 4.78 is 10.7. The molecular weight excluding hydrogens is 208 g/mol. The van der Waals surface area contributed by atoms with Crippen LogP contribution in [0.15, 0.2) is 22.7 Å². The van der Waals surface area contributed by atoms with Crippen LogP contribution in [0, 0.1) is 0 Å². The minimum atomic E-state index is 0.0874. The molecule has 0 aliphatic carbocycles. The van der Waals surface area contributed by atoms with Gasteiger partial charge in [0.1, 0.15) is 6.10 Å². The van der Waals surface area contributed by atoms with Gasteiger partial charge in [0.25, 0.3) is 5.88 Å². The Morgan fingerprint density at radius 3 is 3.25 bits per heavy atom. The molecule has 0 spiro atoms. The fraction of sp³-hybridized carbons (Fsp3) is 0.364. The van der Waals surface area contributed by atoms with Crippen LogP contribution in [-0.4, -0.2) is 29.5 Å². The van der Waals surface area contributed by atoms with Gasteiger partial charge in [-0.2, -0.15) is 0 Å². The van der Waals surface area contributed by atoms with E-state index in [0.29, 0.717) is 16.8 Å². The summed E-state index contributed by atoms with van der Waals surface area (Å²) in [7, 11) is 0. The predicted molar refractivity (Wildman–Crippen MR) is 57.6 cm³/mol. The van der Waals surface area contributed by atoms with E-state index in [1.165, 1.54) is 0 Å². The Morgan fingerprint density at radius 2 is 2.44 bits per heavy atom. The van der Waals surface area contributed by atoms with Gasteiger partial charge < -0.3 is 19.7 Å². The second kappa shape index (κ2) is 3.68. The Labute approximate surface area is 92.0 Å². The molecule has 1 aliphatic heterocycles. The lowest BCUT2D eigenvalue weighted by Gasteiger charge is -2.08. The molecule has 1 aromatic carbocycles. The summed E-state index contributed by atoms with van der Waals surface area (Å²) in [6.07, 6.45) is 1.10. The van der Waals surface area contributed by atoms with Crippen LogP contribution in [0.3, 0.4) is 0 Å². The molecule has 0 radical (unpaired) electrons. The Bertz CT molecular complexity index is 503. The van der Waals surface area contributed by atoms with E-state index in [2.05, 4.69) is 10.5 Å². The minimum Gasteiger partial charge on any atom is -0.504 e. The van der Waals surface area contributed by atoms with Crippen molar-refractivity contribution < 1.29 is 14.4 Å². The Kier molecular flexibility index (Phi) is 2.18. The highest BCUT2D eigenvalue weighted by Crippen LogP contribution is 2.31. The molecule has 1 atom stereocenters. The SMILES string of the molecule is Oc1cccc2c(OC3CCNC3)noc12. The number of fused-ring (bicyclic) bond motifs is 1. The molecule has 16 heavy (non-hydrogen) atoms. The highest BCUT2D eigenvalue weighted by Gasteiger charge is 2.20. The highest BCUT2D eigenvalue weighted by atomic mass is 16.5. The van der Waals surface area contributed by atoms with Crippen LogP contribution in [0.4, 0.5) is 0 Å². The summed E-state index contributed by atoms with van der Waals surface area (Å²) >= 11 is 0. The van der Waals surface area contributed by atoms with Crippen LogP contribution in [0.1, 0.15) is 6.42 Å². The first-order valence-corrected chi connectivity index (χ1v) is 5.29. The van der Waals surface area contributed by atoms with Crippen LogP contribution >= 0.6 is 0 Å². The summed E-state index contributed by atoms with van der Waals surface area (Å²) in [5.41, 5.74) is 0.378. The lowest BCUT2D eigenvalue weighted by atomic mass is 10.2. The number of ether oxygens (including phenoxy) is 1. The van der Waals surface area contributed by atoms with Gasteiger partial charge in [-0.1, -0.05) is 6.07 Å². The van der Waals surface area contributed by atoms with E-state index in [9.17, 15) is 5.11 Å². The van der Waals surface area contributed by atoms with Gasteiger partial charge in [-0.15, -0.1) is 0 Å². The molecule has 84 valence electrons. The number of rotatable bonds is 2. The van der Waals surface area contributed by atoms with Gasteiger partial charge in [-0.05, 0) is 30.3 Å². The van der Waals surface area contributed by atoms with Crippen molar-refractivity contribution in [3.63, 3.8) is 0 Å². The molecule has 1 fully saturated rings. The van der Waals surface area contributed by atoms with E-state index < -0.39 is 0 Å². The number of phenolic OH excluding ortho intramolecular Hbond substituents is 1. The summed E-state index contributed by atoms with van der Waals surface area (Å²) in [6.45, 7) is 1.79. The summed E-state index contributed by atoms with van der Waals surface area (Å²) in [5.74, 6) is 0.545. The Balaban J connectivity index is 1.94. The number of nitrogens with zero attached hydrogens (tertiary/aromatic N) is 1. The third-order valence-electron chi connectivity index (χ3n) is 2.74. The molecule has 1 unspecified atom stereocenters. The van der Waals surface area contributed by atoms with E-state index in [1.807, 2.05) is 6.07 Å². The standard InChI is InChI=1S/C11H12N2O3/c14-9-3-1-2-8-10(9)16-13-11(8)15-7-4-5-12-6-7/h1-3,7,12,14H,4-6H2. The molecule has 1 aromatic heterocycles. The summed E-state index contributed by atoms with van der Waals surface area (Å²) in [4.78, 5) is 0. The third-order valence-corrected chi connectivity index (χ3v) is 2.74. The van der Waals surface area contributed by atoms with Gasteiger partial charge in [0.15, 0.2) is 5.75 Å². The maximum absolute atomic E-state index is 9.54. The second-order valence-electron chi connectivity index (χ2n) is 3.87. The van der Waals surface area contributed by atoms with Gasteiger partial charge in [-0.3, -0.25) is 0 Å². The maximum Gasteiger partial charge on any atom is 0.262 e. The van der Waals surface area contributed by atoms with Crippen LogP contribution in [0.2, 0.25) is 0 Å². The monoisotopic (exact) mass is 220 g/mol. The lowest BCUT2D eigenvalue weighted by Crippen LogP contribution is -2.19. The largest absolute Gasteiger partial charge is 0.504 e. The van der Waals surface area contributed by atoms with Crippen molar-refractivity contribution >= 4 is 11.0 Å². The normalized spacial score (nSPS) is 20.4. The van der Waals surface area contributed by atoms with Crippen molar-refractivity contribution in [2.45, 2.75) is 12.5 Å². The van der Waals surface area contributed by atoms with E-state index in [0.717, 1.165) is 19.5 Å². The van der Waals surface area contributed by atoms with E-state index >= 15 is 0 Å². The number of phenols is 1. The molecule has 2 N–H and O–H groups in total. The number of aromatic hydroxyl groups is 1. The number of benzene rings is 1. The molecule has 1 saturated heterocycles. The lowest BCUT2D eigenvalue weighted by molar-refractivity contribution is 0.204. The van der Waals surface area contributed by atoms with Crippen LogP contribution < -0.4 is 10.1 Å². The van der Waals surface area contributed by atoms with Crippen molar-refractivity contribution in [3.05, 3.63) is 18.2 Å².